The van der Waals surface area contributed by atoms with E-state index in [4.69, 9.17) is 10.5 Å². The molecule has 1 aliphatic heterocycles. The third-order valence-electron chi connectivity index (χ3n) is 3.96. The fraction of sp³-hybridized carbons (Fsp3) is 0.467. The molecule has 3 rings (SSSR count). The van der Waals surface area contributed by atoms with Gasteiger partial charge in [0, 0.05) is 37.9 Å². The van der Waals surface area contributed by atoms with Crippen LogP contribution in [0.1, 0.15) is 5.56 Å². The lowest BCUT2D eigenvalue weighted by Gasteiger charge is -2.15. The number of rotatable bonds is 4. The fourth-order valence-electron chi connectivity index (χ4n) is 2.73. The maximum atomic E-state index is 9.70. The van der Waals surface area contributed by atoms with Crippen molar-refractivity contribution in [2.45, 2.75) is 18.6 Å². The Bertz CT molecular complexity index is 624. The van der Waals surface area contributed by atoms with Crippen LogP contribution in [-0.4, -0.2) is 58.9 Å². The predicted molar refractivity (Wildman–Crippen MR) is 80.2 cm³/mol. The highest BCUT2D eigenvalue weighted by Gasteiger charge is 2.27. The molecule has 6 heteroatoms. The maximum absolute atomic E-state index is 9.70. The normalized spacial score (nSPS) is 22.8. The van der Waals surface area contributed by atoms with Crippen LogP contribution in [0.15, 0.2) is 24.4 Å². The molecule has 0 radical (unpaired) electrons. The molecule has 2 atom stereocenters. The molecule has 0 bridgehead atoms. The van der Waals surface area contributed by atoms with E-state index < -0.39 is 6.10 Å². The molecule has 2 aromatic heterocycles. The second-order valence-electron chi connectivity index (χ2n) is 5.43. The molecule has 0 amide bonds. The van der Waals surface area contributed by atoms with Crippen molar-refractivity contribution in [2.24, 2.45) is 5.73 Å². The second-order valence-corrected chi connectivity index (χ2v) is 5.43. The van der Waals surface area contributed by atoms with Gasteiger partial charge in [-0.1, -0.05) is 0 Å². The third-order valence-corrected chi connectivity index (χ3v) is 3.96. The molecule has 1 fully saturated rings. The fourth-order valence-corrected chi connectivity index (χ4v) is 2.73. The Hall–Kier alpha value is -1.76. The summed E-state index contributed by atoms with van der Waals surface area (Å²) in [6.07, 6.45) is 2.23. The summed E-state index contributed by atoms with van der Waals surface area (Å²) < 4.78 is 5.18. The zero-order chi connectivity index (χ0) is 14.8. The molecule has 0 unspecified atom stereocenters. The van der Waals surface area contributed by atoms with Gasteiger partial charge in [-0.25, -0.2) is 4.98 Å². The molecule has 0 aromatic carbocycles. The molecule has 21 heavy (non-hydrogen) atoms. The number of methoxy groups -OCH3 is 1. The Morgan fingerprint density at radius 1 is 1.38 bits per heavy atom. The van der Waals surface area contributed by atoms with Crippen molar-refractivity contribution in [3.8, 4) is 5.88 Å². The van der Waals surface area contributed by atoms with Gasteiger partial charge in [-0.15, -0.1) is 0 Å². The molecule has 0 saturated carbocycles. The molecule has 2 aromatic rings. The Kier molecular flexibility index (Phi) is 4.01. The van der Waals surface area contributed by atoms with Crippen LogP contribution in [0.2, 0.25) is 0 Å². The highest BCUT2D eigenvalue weighted by atomic mass is 16.5. The first-order chi connectivity index (χ1) is 10.2. The summed E-state index contributed by atoms with van der Waals surface area (Å²) in [7, 11) is 1.61. The average Bonchev–Trinajstić information content (AvgIpc) is 2.83. The molecule has 112 valence electrons. The number of likely N-dealkylation sites (tertiary alicyclic amines) is 1. The lowest BCUT2D eigenvalue weighted by atomic mass is 10.1. The van der Waals surface area contributed by atoms with E-state index in [0.29, 0.717) is 12.4 Å². The SMILES string of the molecule is COc1ccc2nccc(CCN3C[C@@H](N)[C@@H](O)C3)c2n1. The number of nitrogens with zero attached hydrogens (tertiary/aromatic N) is 3. The number of aliphatic hydroxyl groups is 1. The summed E-state index contributed by atoms with van der Waals surface area (Å²) in [5, 5.41) is 9.70. The monoisotopic (exact) mass is 288 g/mol. The van der Waals surface area contributed by atoms with Crippen LogP contribution in [0.25, 0.3) is 11.0 Å². The Labute approximate surface area is 123 Å². The van der Waals surface area contributed by atoms with Crippen molar-refractivity contribution in [2.75, 3.05) is 26.7 Å². The van der Waals surface area contributed by atoms with Crippen molar-refractivity contribution in [3.63, 3.8) is 0 Å². The first kappa shape index (κ1) is 14.2. The van der Waals surface area contributed by atoms with E-state index in [-0.39, 0.29) is 6.04 Å². The molecule has 1 saturated heterocycles. The van der Waals surface area contributed by atoms with E-state index in [1.807, 2.05) is 18.2 Å². The molecule has 0 spiro atoms. The Morgan fingerprint density at radius 3 is 2.95 bits per heavy atom. The molecular weight excluding hydrogens is 268 g/mol. The van der Waals surface area contributed by atoms with Gasteiger partial charge in [-0.05, 0) is 24.1 Å². The van der Waals surface area contributed by atoms with Crippen LogP contribution in [0, 0.1) is 0 Å². The molecule has 6 nitrogen and oxygen atoms in total. The largest absolute Gasteiger partial charge is 0.481 e. The van der Waals surface area contributed by atoms with Gasteiger partial charge >= 0.3 is 0 Å². The molecular formula is C15H20N4O2. The minimum Gasteiger partial charge on any atom is -0.481 e. The quantitative estimate of drug-likeness (QED) is 0.835. The van der Waals surface area contributed by atoms with Gasteiger partial charge in [0.25, 0.3) is 0 Å². The summed E-state index contributed by atoms with van der Waals surface area (Å²) in [6, 6.07) is 5.58. The molecule has 3 heterocycles. The van der Waals surface area contributed by atoms with Crippen molar-refractivity contribution in [1.82, 2.24) is 14.9 Å². The second kappa shape index (κ2) is 5.93. The van der Waals surface area contributed by atoms with Gasteiger partial charge < -0.3 is 15.6 Å². The smallest absolute Gasteiger partial charge is 0.213 e. The number of β-amino-alcohol motifs (C(OH)–C–C–N with tert-alkyl or cyclic N) is 1. The van der Waals surface area contributed by atoms with E-state index in [1.165, 1.54) is 0 Å². The highest BCUT2D eigenvalue weighted by Crippen LogP contribution is 2.19. The van der Waals surface area contributed by atoms with Crippen molar-refractivity contribution < 1.29 is 9.84 Å². The summed E-state index contributed by atoms with van der Waals surface area (Å²) in [6.45, 7) is 2.23. The highest BCUT2D eigenvalue weighted by molar-refractivity contribution is 5.78. The van der Waals surface area contributed by atoms with Crippen LogP contribution >= 0.6 is 0 Å². The van der Waals surface area contributed by atoms with Gasteiger partial charge in [0.1, 0.15) is 0 Å². The maximum Gasteiger partial charge on any atom is 0.213 e. The van der Waals surface area contributed by atoms with Crippen LogP contribution in [0.5, 0.6) is 5.88 Å². The zero-order valence-corrected chi connectivity index (χ0v) is 12.1. The lowest BCUT2D eigenvalue weighted by molar-refractivity contribution is 0.165. The number of hydrogen-bond acceptors (Lipinski definition) is 6. The van der Waals surface area contributed by atoms with Gasteiger partial charge in [0.05, 0.1) is 24.2 Å². The summed E-state index contributed by atoms with van der Waals surface area (Å²) in [4.78, 5) is 11.0. The van der Waals surface area contributed by atoms with Crippen LogP contribution in [0.4, 0.5) is 0 Å². The third kappa shape index (κ3) is 2.97. The van der Waals surface area contributed by atoms with E-state index in [2.05, 4.69) is 14.9 Å². The van der Waals surface area contributed by atoms with Gasteiger partial charge in [-0.3, -0.25) is 9.88 Å². The topological polar surface area (TPSA) is 84.5 Å². The predicted octanol–water partition coefficient (Wildman–Crippen LogP) is 0.185. The number of ether oxygens (including phenoxy) is 1. The number of aliphatic hydroxyl groups excluding tert-OH is 1. The summed E-state index contributed by atoms with van der Waals surface area (Å²) >= 11 is 0. The van der Waals surface area contributed by atoms with Crippen molar-refractivity contribution in [1.29, 1.82) is 0 Å². The van der Waals surface area contributed by atoms with E-state index in [9.17, 15) is 5.11 Å². The first-order valence-electron chi connectivity index (χ1n) is 7.12. The minimum atomic E-state index is -0.419. The van der Waals surface area contributed by atoms with Crippen LogP contribution < -0.4 is 10.5 Å². The number of aromatic nitrogens is 2. The zero-order valence-electron chi connectivity index (χ0n) is 12.1. The van der Waals surface area contributed by atoms with E-state index in [0.717, 1.165) is 36.1 Å². The summed E-state index contributed by atoms with van der Waals surface area (Å²) in [5.41, 5.74) is 8.71. The van der Waals surface area contributed by atoms with Gasteiger partial charge in [0.2, 0.25) is 5.88 Å². The Morgan fingerprint density at radius 2 is 2.24 bits per heavy atom. The van der Waals surface area contributed by atoms with Gasteiger partial charge in [0.15, 0.2) is 0 Å². The van der Waals surface area contributed by atoms with Gasteiger partial charge in [-0.2, -0.15) is 0 Å². The average molecular weight is 288 g/mol. The van der Waals surface area contributed by atoms with E-state index >= 15 is 0 Å². The number of pyridine rings is 2. The Balaban J connectivity index is 1.77. The number of fused-ring (bicyclic) bond motifs is 1. The lowest BCUT2D eigenvalue weighted by Crippen LogP contribution is -2.32. The number of nitrogens with two attached hydrogens (primary N) is 1. The summed E-state index contributed by atoms with van der Waals surface area (Å²) in [5.74, 6) is 0.593. The minimum absolute atomic E-state index is 0.141. The van der Waals surface area contributed by atoms with Crippen LogP contribution in [0.3, 0.4) is 0 Å². The van der Waals surface area contributed by atoms with Crippen molar-refractivity contribution in [3.05, 3.63) is 30.0 Å². The molecule has 0 aliphatic carbocycles. The number of hydrogen-bond donors (Lipinski definition) is 2. The van der Waals surface area contributed by atoms with Crippen LogP contribution in [-0.2, 0) is 6.42 Å². The first-order valence-corrected chi connectivity index (χ1v) is 7.12. The standard InChI is InChI=1S/C15H20N4O2/c1-21-14-3-2-12-15(18-14)10(4-6-17-12)5-7-19-8-11(16)13(20)9-19/h2-4,6,11,13,20H,5,7-9,16H2,1H3/t11-,13+/m1/s1. The van der Waals surface area contributed by atoms with Crippen molar-refractivity contribution >= 4 is 11.0 Å². The molecule has 3 N–H and O–H groups in total. The molecule has 1 aliphatic rings. The van der Waals surface area contributed by atoms with E-state index in [1.54, 1.807) is 13.3 Å².